The van der Waals surface area contributed by atoms with Crippen molar-refractivity contribution in [1.82, 2.24) is 10.2 Å². The van der Waals surface area contributed by atoms with E-state index in [2.05, 4.69) is 10.6 Å². The molecule has 3 aliphatic rings. The molecule has 4 rings (SSSR count). The number of amides is 3. The third-order valence-electron chi connectivity index (χ3n) is 7.26. The summed E-state index contributed by atoms with van der Waals surface area (Å²) in [7, 11) is 0. The average Bonchev–Trinajstić information content (AvgIpc) is 3.42. The Morgan fingerprint density at radius 1 is 1.27 bits per heavy atom. The molecule has 3 fully saturated rings. The highest BCUT2D eigenvalue weighted by Crippen LogP contribution is 2.66. The zero-order valence-corrected chi connectivity index (χ0v) is 20.8. The molecule has 0 saturated carbocycles. The summed E-state index contributed by atoms with van der Waals surface area (Å²) in [6.45, 7) is 6.19. The maximum atomic E-state index is 13.9. The normalized spacial score (nSPS) is 31.1. The van der Waals surface area contributed by atoms with E-state index < -0.39 is 28.7 Å². The van der Waals surface area contributed by atoms with Crippen molar-refractivity contribution in [3.8, 4) is 0 Å². The summed E-state index contributed by atoms with van der Waals surface area (Å²) in [5.74, 6) is -1.63. The first-order valence-electron chi connectivity index (χ1n) is 11.7. The number of hydrogen-bond acceptors (Lipinski definition) is 5. The first-order valence-corrected chi connectivity index (χ1v) is 13.0. The van der Waals surface area contributed by atoms with E-state index in [1.165, 1.54) is 0 Å². The molecule has 0 radical (unpaired) electrons. The van der Waals surface area contributed by atoms with Crippen molar-refractivity contribution in [3.63, 3.8) is 0 Å². The maximum absolute atomic E-state index is 13.9. The summed E-state index contributed by atoms with van der Waals surface area (Å²) < 4.78 is -0.672. The maximum Gasteiger partial charge on any atom is 0.248 e. The Morgan fingerprint density at radius 3 is 2.58 bits per heavy atom. The monoisotopic (exact) mass is 493 g/mol. The SMILES string of the molecule is CCCNC(=O)[C@@H]1[C@H]2C(=O)N([C@@H](CO)C(C)C)C(C(=O)Nc3ccc(Cl)cc3)C23CC[C@H]1S3. The van der Waals surface area contributed by atoms with Crippen LogP contribution < -0.4 is 10.6 Å². The van der Waals surface area contributed by atoms with E-state index in [9.17, 15) is 19.5 Å². The van der Waals surface area contributed by atoms with Crippen molar-refractivity contribution >= 4 is 46.8 Å². The van der Waals surface area contributed by atoms with Gasteiger partial charge >= 0.3 is 0 Å². The van der Waals surface area contributed by atoms with Gasteiger partial charge in [-0.2, -0.15) is 0 Å². The van der Waals surface area contributed by atoms with E-state index in [1.807, 2.05) is 20.8 Å². The van der Waals surface area contributed by atoms with Gasteiger partial charge in [-0.15, -0.1) is 11.8 Å². The molecule has 3 amide bonds. The predicted molar refractivity (Wildman–Crippen MR) is 130 cm³/mol. The molecule has 3 heterocycles. The van der Waals surface area contributed by atoms with E-state index in [0.717, 1.165) is 12.8 Å². The molecule has 1 aromatic rings. The number of thioether (sulfide) groups is 1. The average molecular weight is 494 g/mol. The van der Waals surface area contributed by atoms with Crippen molar-refractivity contribution in [3.05, 3.63) is 29.3 Å². The Hall–Kier alpha value is -1.77. The highest BCUT2D eigenvalue weighted by atomic mass is 35.5. The lowest BCUT2D eigenvalue weighted by Crippen LogP contribution is -2.56. The van der Waals surface area contributed by atoms with Crippen LogP contribution in [0.4, 0.5) is 5.69 Å². The lowest BCUT2D eigenvalue weighted by Gasteiger charge is -2.38. The van der Waals surface area contributed by atoms with Gasteiger partial charge in [-0.25, -0.2) is 0 Å². The van der Waals surface area contributed by atoms with Crippen LogP contribution in [0, 0.1) is 17.8 Å². The van der Waals surface area contributed by atoms with Gasteiger partial charge in [0.25, 0.3) is 0 Å². The van der Waals surface area contributed by atoms with Gasteiger partial charge in [-0.05, 0) is 49.4 Å². The second kappa shape index (κ2) is 9.47. The van der Waals surface area contributed by atoms with E-state index in [-0.39, 0.29) is 35.5 Å². The van der Waals surface area contributed by atoms with Crippen LogP contribution in [0.2, 0.25) is 5.02 Å². The van der Waals surface area contributed by atoms with Gasteiger partial charge < -0.3 is 20.6 Å². The Bertz CT molecular complexity index is 927. The smallest absolute Gasteiger partial charge is 0.248 e. The van der Waals surface area contributed by atoms with Gasteiger partial charge in [-0.1, -0.05) is 32.4 Å². The van der Waals surface area contributed by atoms with E-state index in [1.54, 1.807) is 40.9 Å². The molecule has 2 bridgehead atoms. The summed E-state index contributed by atoms with van der Waals surface area (Å²) in [6.07, 6.45) is 2.31. The van der Waals surface area contributed by atoms with E-state index in [4.69, 9.17) is 11.6 Å². The largest absolute Gasteiger partial charge is 0.394 e. The highest BCUT2D eigenvalue weighted by molar-refractivity contribution is 8.02. The molecule has 1 aromatic carbocycles. The minimum Gasteiger partial charge on any atom is -0.394 e. The fraction of sp³-hybridized carbons (Fsp3) is 0.625. The Labute approximate surface area is 204 Å². The van der Waals surface area contributed by atoms with Gasteiger partial charge in [-0.3, -0.25) is 14.4 Å². The van der Waals surface area contributed by atoms with Crippen molar-refractivity contribution in [2.24, 2.45) is 17.8 Å². The number of anilines is 1. The molecular weight excluding hydrogens is 462 g/mol. The topological polar surface area (TPSA) is 98.7 Å². The number of aliphatic hydroxyl groups excluding tert-OH is 1. The van der Waals surface area contributed by atoms with Crippen molar-refractivity contribution < 1.29 is 19.5 Å². The summed E-state index contributed by atoms with van der Waals surface area (Å²) in [6, 6.07) is 5.59. The fourth-order valence-electron chi connectivity index (χ4n) is 5.78. The van der Waals surface area contributed by atoms with Gasteiger partial charge in [0.1, 0.15) is 6.04 Å². The number of aliphatic hydroxyl groups is 1. The number of halogens is 1. The number of nitrogens with zero attached hydrogens (tertiary/aromatic N) is 1. The van der Waals surface area contributed by atoms with Crippen LogP contribution in [0.15, 0.2) is 24.3 Å². The summed E-state index contributed by atoms with van der Waals surface area (Å²) >= 11 is 7.61. The first-order chi connectivity index (χ1) is 15.7. The predicted octanol–water partition coefficient (Wildman–Crippen LogP) is 2.91. The van der Waals surface area contributed by atoms with Crippen LogP contribution in [0.5, 0.6) is 0 Å². The Balaban J connectivity index is 1.72. The van der Waals surface area contributed by atoms with Crippen LogP contribution in [0.25, 0.3) is 0 Å². The number of likely N-dealkylation sites (tertiary alicyclic amines) is 1. The molecule has 1 spiro atoms. The second-order valence-corrected chi connectivity index (χ2v) is 11.6. The second-order valence-electron chi connectivity index (χ2n) is 9.58. The molecule has 3 aliphatic heterocycles. The van der Waals surface area contributed by atoms with Crippen molar-refractivity contribution in [2.75, 3.05) is 18.5 Å². The molecule has 9 heteroatoms. The van der Waals surface area contributed by atoms with Gasteiger partial charge in [0, 0.05) is 22.5 Å². The third-order valence-corrected chi connectivity index (χ3v) is 9.47. The minimum absolute atomic E-state index is 0.0235. The number of carbonyl (C=O) groups excluding carboxylic acids is 3. The van der Waals surface area contributed by atoms with Crippen LogP contribution in [-0.4, -0.2) is 63.0 Å². The molecule has 7 nitrogen and oxygen atoms in total. The summed E-state index contributed by atoms with van der Waals surface area (Å²) in [5, 5.41) is 16.7. The lowest BCUT2D eigenvalue weighted by molar-refractivity contribution is -0.142. The third kappa shape index (κ3) is 4.04. The number of benzene rings is 1. The van der Waals surface area contributed by atoms with Crippen LogP contribution >= 0.6 is 23.4 Å². The van der Waals surface area contributed by atoms with E-state index >= 15 is 0 Å². The molecule has 180 valence electrons. The Kier molecular flexibility index (Phi) is 6.99. The first kappa shape index (κ1) is 24.4. The lowest BCUT2D eigenvalue weighted by atomic mass is 9.70. The molecule has 3 N–H and O–H groups in total. The van der Waals surface area contributed by atoms with E-state index in [0.29, 0.717) is 23.7 Å². The quantitative estimate of drug-likeness (QED) is 0.517. The highest BCUT2D eigenvalue weighted by Gasteiger charge is 2.74. The molecular formula is C24H32ClN3O4S. The minimum atomic E-state index is -0.760. The zero-order chi connectivity index (χ0) is 23.9. The van der Waals surface area contributed by atoms with Crippen LogP contribution in [0.3, 0.4) is 0 Å². The fourth-order valence-corrected chi connectivity index (χ4v) is 8.11. The van der Waals surface area contributed by atoms with Crippen LogP contribution in [-0.2, 0) is 14.4 Å². The Morgan fingerprint density at radius 2 is 1.97 bits per heavy atom. The van der Waals surface area contributed by atoms with Crippen LogP contribution in [0.1, 0.15) is 40.0 Å². The number of carbonyl (C=O) groups is 3. The van der Waals surface area contributed by atoms with Crippen molar-refractivity contribution in [2.45, 2.75) is 62.1 Å². The molecule has 6 atom stereocenters. The molecule has 0 aliphatic carbocycles. The van der Waals surface area contributed by atoms with Gasteiger partial charge in [0.15, 0.2) is 0 Å². The number of fused-ring (bicyclic) bond motifs is 1. The number of rotatable bonds is 8. The standard InChI is InChI=1S/C24H32ClN3O4S/c1-4-11-26-21(30)18-17-9-10-24(33-17)19(18)23(32)28(16(12-29)13(2)3)20(24)22(31)27-15-7-5-14(25)6-8-15/h5-8,13,16-20,29H,4,9-12H2,1-3H3,(H,26,30)(H,27,31)/t16-,17+,18-,19-,20?,24?/m0/s1. The number of nitrogens with one attached hydrogen (secondary N) is 2. The zero-order valence-electron chi connectivity index (χ0n) is 19.2. The van der Waals surface area contributed by atoms with Gasteiger partial charge in [0.2, 0.25) is 17.7 Å². The molecule has 0 aromatic heterocycles. The van der Waals surface area contributed by atoms with Gasteiger partial charge in [0.05, 0.1) is 29.2 Å². The summed E-state index contributed by atoms with van der Waals surface area (Å²) in [5.41, 5.74) is 0.594. The molecule has 33 heavy (non-hydrogen) atoms. The molecule has 2 unspecified atom stereocenters. The molecule has 3 saturated heterocycles. The number of hydrogen-bond donors (Lipinski definition) is 3. The van der Waals surface area contributed by atoms with Crippen molar-refractivity contribution in [1.29, 1.82) is 0 Å². The summed E-state index contributed by atoms with van der Waals surface area (Å²) in [4.78, 5) is 42.3.